The number of hydrogen-bond donors (Lipinski definition) is 1. The molecule has 1 aromatic carbocycles. The number of likely N-dealkylation sites (tertiary alicyclic amines) is 1. The number of carboxylic acids is 1. The molecule has 0 aromatic heterocycles. The molecule has 1 N–H and O–H groups in total. The molecule has 1 saturated heterocycles. The molecule has 0 saturated carbocycles. The summed E-state index contributed by atoms with van der Waals surface area (Å²) in [7, 11) is 3.11. The van der Waals surface area contributed by atoms with Crippen LogP contribution in [0.25, 0.3) is 0 Å². The van der Waals surface area contributed by atoms with Gasteiger partial charge in [-0.05, 0) is 37.5 Å². The second-order valence-electron chi connectivity index (χ2n) is 6.15. The molecule has 6 nitrogen and oxygen atoms in total. The van der Waals surface area contributed by atoms with Crippen molar-refractivity contribution in [2.75, 3.05) is 27.3 Å². The lowest BCUT2D eigenvalue weighted by molar-refractivity contribution is -0.153. The first kappa shape index (κ1) is 17.1. The van der Waals surface area contributed by atoms with Gasteiger partial charge in [0, 0.05) is 13.1 Å². The molecule has 0 bridgehead atoms. The van der Waals surface area contributed by atoms with Crippen molar-refractivity contribution in [3.05, 3.63) is 23.8 Å². The lowest BCUT2D eigenvalue weighted by Gasteiger charge is -2.37. The Kier molecular flexibility index (Phi) is 5.13. The Bertz CT molecular complexity index is 601. The minimum atomic E-state index is -0.856. The number of piperidine rings is 1. The van der Waals surface area contributed by atoms with Crippen LogP contribution in [-0.4, -0.2) is 49.2 Å². The Morgan fingerprint density at radius 2 is 1.96 bits per heavy atom. The van der Waals surface area contributed by atoms with E-state index in [1.807, 2.05) is 6.07 Å². The Balaban J connectivity index is 2.08. The van der Waals surface area contributed by atoms with E-state index in [0.29, 0.717) is 30.9 Å². The number of methoxy groups -OCH3 is 2. The molecule has 0 radical (unpaired) electrons. The largest absolute Gasteiger partial charge is 0.493 e. The number of carbonyl (C=O) groups is 2. The highest BCUT2D eigenvalue weighted by molar-refractivity contribution is 5.81. The summed E-state index contributed by atoms with van der Waals surface area (Å²) in [6.45, 7) is 2.56. The van der Waals surface area contributed by atoms with Crippen LogP contribution in [0.1, 0.15) is 25.3 Å². The number of benzene rings is 1. The molecule has 1 atom stereocenters. The van der Waals surface area contributed by atoms with Crippen molar-refractivity contribution in [1.29, 1.82) is 0 Å². The maximum atomic E-state index is 12.5. The summed E-state index contributed by atoms with van der Waals surface area (Å²) in [6.07, 6.45) is 1.53. The van der Waals surface area contributed by atoms with Crippen LogP contribution in [0.5, 0.6) is 11.5 Å². The van der Waals surface area contributed by atoms with E-state index >= 15 is 0 Å². The normalized spacial score (nSPS) is 20.9. The first-order valence-electron chi connectivity index (χ1n) is 7.61. The van der Waals surface area contributed by atoms with E-state index in [1.54, 1.807) is 38.2 Å². The first-order chi connectivity index (χ1) is 10.9. The van der Waals surface area contributed by atoms with Gasteiger partial charge in [0.15, 0.2) is 11.5 Å². The summed E-state index contributed by atoms with van der Waals surface area (Å²) < 4.78 is 10.4. The van der Waals surface area contributed by atoms with Gasteiger partial charge >= 0.3 is 5.97 Å². The molecular formula is C17H23NO5. The Morgan fingerprint density at radius 1 is 1.26 bits per heavy atom. The standard InChI is InChI=1S/C17H23NO5/c1-17(16(20)21)7-4-8-18(11-17)15(19)10-12-5-6-13(22-2)14(9-12)23-3/h5-6,9H,4,7-8,10-11H2,1-3H3,(H,20,21). The monoisotopic (exact) mass is 321 g/mol. The summed E-state index contributed by atoms with van der Waals surface area (Å²) in [5.41, 5.74) is -0.0406. The molecule has 1 aliphatic heterocycles. The quantitative estimate of drug-likeness (QED) is 0.897. The fourth-order valence-corrected chi connectivity index (χ4v) is 2.90. The number of amides is 1. The maximum absolute atomic E-state index is 12.5. The maximum Gasteiger partial charge on any atom is 0.311 e. The van der Waals surface area contributed by atoms with Crippen LogP contribution in [-0.2, 0) is 16.0 Å². The predicted molar refractivity (Wildman–Crippen MR) is 84.8 cm³/mol. The summed E-state index contributed by atoms with van der Waals surface area (Å²) in [5.74, 6) is 0.275. The third-order valence-corrected chi connectivity index (χ3v) is 4.37. The van der Waals surface area contributed by atoms with Crippen LogP contribution < -0.4 is 9.47 Å². The smallest absolute Gasteiger partial charge is 0.311 e. The molecule has 1 aromatic rings. The lowest BCUT2D eigenvalue weighted by Crippen LogP contribution is -2.48. The van der Waals surface area contributed by atoms with Crippen molar-refractivity contribution in [2.24, 2.45) is 5.41 Å². The van der Waals surface area contributed by atoms with Gasteiger partial charge in [0.05, 0.1) is 26.1 Å². The van der Waals surface area contributed by atoms with Crippen molar-refractivity contribution in [2.45, 2.75) is 26.2 Å². The molecule has 23 heavy (non-hydrogen) atoms. The molecule has 126 valence electrons. The molecule has 1 heterocycles. The van der Waals surface area contributed by atoms with E-state index in [-0.39, 0.29) is 18.9 Å². The molecule has 1 unspecified atom stereocenters. The summed E-state index contributed by atoms with van der Waals surface area (Å²) in [5, 5.41) is 9.34. The van der Waals surface area contributed by atoms with Crippen LogP contribution in [0.4, 0.5) is 0 Å². The molecular weight excluding hydrogens is 298 g/mol. The molecule has 6 heteroatoms. The Morgan fingerprint density at radius 3 is 2.57 bits per heavy atom. The number of hydrogen-bond acceptors (Lipinski definition) is 4. The van der Waals surface area contributed by atoms with Gasteiger partial charge in [-0.15, -0.1) is 0 Å². The average molecular weight is 321 g/mol. The van der Waals surface area contributed by atoms with E-state index in [1.165, 1.54) is 0 Å². The highest BCUT2D eigenvalue weighted by atomic mass is 16.5. The predicted octanol–water partition coefficient (Wildman–Crippen LogP) is 1.96. The zero-order valence-corrected chi connectivity index (χ0v) is 13.8. The van der Waals surface area contributed by atoms with E-state index in [4.69, 9.17) is 9.47 Å². The van der Waals surface area contributed by atoms with Gasteiger partial charge in [0.25, 0.3) is 0 Å². The minimum absolute atomic E-state index is 0.0654. The van der Waals surface area contributed by atoms with Crippen LogP contribution in [0.15, 0.2) is 18.2 Å². The molecule has 1 amide bonds. The van der Waals surface area contributed by atoms with Gasteiger partial charge in [-0.3, -0.25) is 9.59 Å². The second-order valence-corrected chi connectivity index (χ2v) is 6.15. The van der Waals surface area contributed by atoms with E-state index < -0.39 is 11.4 Å². The molecule has 0 aliphatic carbocycles. The highest BCUT2D eigenvalue weighted by Crippen LogP contribution is 2.31. The molecule has 2 rings (SSSR count). The van der Waals surface area contributed by atoms with Crippen LogP contribution in [0.3, 0.4) is 0 Å². The van der Waals surface area contributed by atoms with Gasteiger partial charge in [0.1, 0.15) is 0 Å². The summed E-state index contributed by atoms with van der Waals surface area (Å²) >= 11 is 0. The Hall–Kier alpha value is -2.24. The third-order valence-electron chi connectivity index (χ3n) is 4.37. The van der Waals surface area contributed by atoms with Crippen LogP contribution >= 0.6 is 0 Å². The third kappa shape index (κ3) is 3.75. The van der Waals surface area contributed by atoms with Gasteiger partial charge in [-0.1, -0.05) is 6.07 Å². The number of carbonyl (C=O) groups excluding carboxylic acids is 1. The van der Waals surface area contributed by atoms with Crippen molar-refractivity contribution in [3.8, 4) is 11.5 Å². The van der Waals surface area contributed by atoms with Gasteiger partial charge in [-0.2, -0.15) is 0 Å². The number of carboxylic acid groups (broad SMARTS) is 1. The number of ether oxygens (including phenoxy) is 2. The SMILES string of the molecule is COc1ccc(CC(=O)N2CCCC(C)(C(=O)O)C2)cc1OC. The first-order valence-corrected chi connectivity index (χ1v) is 7.61. The molecule has 0 spiro atoms. The van der Waals surface area contributed by atoms with Crippen molar-refractivity contribution >= 4 is 11.9 Å². The average Bonchev–Trinajstić information content (AvgIpc) is 2.54. The zero-order valence-electron chi connectivity index (χ0n) is 13.8. The van der Waals surface area contributed by atoms with Crippen LogP contribution in [0.2, 0.25) is 0 Å². The highest BCUT2D eigenvalue weighted by Gasteiger charge is 2.39. The van der Waals surface area contributed by atoms with Crippen molar-refractivity contribution in [3.63, 3.8) is 0 Å². The van der Waals surface area contributed by atoms with Crippen molar-refractivity contribution in [1.82, 2.24) is 4.90 Å². The van der Waals surface area contributed by atoms with Gasteiger partial charge < -0.3 is 19.5 Å². The number of nitrogens with zero attached hydrogens (tertiary/aromatic N) is 1. The van der Waals surface area contributed by atoms with Crippen LogP contribution in [0, 0.1) is 5.41 Å². The van der Waals surface area contributed by atoms with E-state index in [2.05, 4.69) is 0 Å². The fraction of sp³-hybridized carbons (Fsp3) is 0.529. The molecule has 1 aliphatic rings. The minimum Gasteiger partial charge on any atom is -0.493 e. The second kappa shape index (κ2) is 6.89. The molecule has 1 fully saturated rings. The topological polar surface area (TPSA) is 76.1 Å². The number of rotatable bonds is 5. The summed E-state index contributed by atoms with van der Waals surface area (Å²) in [6, 6.07) is 5.36. The van der Waals surface area contributed by atoms with E-state index in [0.717, 1.165) is 5.56 Å². The Labute approximate surface area is 136 Å². The van der Waals surface area contributed by atoms with Gasteiger partial charge in [-0.25, -0.2) is 0 Å². The van der Waals surface area contributed by atoms with Crippen molar-refractivity contribution < 1.29 is 24.2 Å². The van der Waals surface area contributed by atoms with E-state index in [9.17, 15) is 14.7 Å². The summed E-state index contributed by atoms with van der Waals surface area (Å²) in [4.78, 5) is 25.5. The van der Waals surface area contributed by atoms with Gasteiger partial charge in [0.2, 0.25) is 5.91 Å². The fourth-order valence-electron chi connectivity index (χ4n) is 2.90. The zero-order chi connectivity index (χ0) is 17.0. The number of aliphatic carboxylic acids is 1. The lowest BCUT2D eigenvalue weighted by atomic mass is 9.82.